The van der Waals surface area contributed by atoms with Gasteiger partial charge < -0.3 is 4.57 Å². The van der Waals surface area contributed by atoms with Crippen LogP contribution in [-0.2, 0) is 6.54 Å². The van der Waals surface area contributed by atoms with Crippen molar-refractivity contribution >= 4 is 22.8 Å². The van der Waals surface area contributed by atoms with Gasteiger partial charge >= 0.3 is 0 Å². The lowest BCUT2D eigenvalue weighted by Gasteiger charge is -2.08. The van der Waals surface area contributed by atoms with Crippen molar-refractivity contribution in [3.05, 3.63) is 23.7 Å². The third-order valence-electron chi connectivity index (χ3n) is 2.56. The summed E-state index contributed by atoms with van der Waals surface area (Å²) in [5.74, 6) is 0.914. The summed E-state index contributed by atoms with van der Waals surface area (Å²) >= 11 is 6.14. The van der Waals surface area contributed by atoms with E-state index in [1.165, 1.54) is 0 Å². The second-order valence-electron chi connectivity index (χ2n) is 4.03. The van der Waals surface area contributed by atoms with Crippen LogP contribution >= 0.6 is 11.6 Å². The lowest BCUT2D eigenvalue weighted by molar-refractivity contribution is 0.649. The van der Waals surface area contributed by atoms with Crippen LogP contribution in [0.25, 0.3) is 11.2 Å². The molecule has 0 aromatic carbocycles. The first-order valence-corrected chi connectivity index (χ1v) is 6.05. The van der Waals surface area contributed by atoms with Crippen LogP contribution in [0, 0.1) is 6.92 Å². The van der Waals surface area contributed by atoms with E-state index < -0.39 is 0 Å². The number of aromatic nitrogens is 3. The largest absolute Gasteiger partial charge is 0.311 e. The molecule has 3 nitrogen and oxygen atoms in total. The van der Waals surface area contributed by atoms with Gasteiger partial charge in [0.15, 0.2) is 5.65 Å². The summed E-state index contributed by atoms with van der Waals surface area (Å²) in [5, 5.41) is -0.0824. The van der Waals surface area contributed by atoms with Crippen molar-refractivity contribution in [1.29, 1.82) is 0 Å². The molecule has 1 atom stereocenters. The zero-order valence-corrected chi connectivity index (χ0v) is 10.6. The maximum Gasteiger partial charge on any atom is 0.160 e. The fraction of sp³-hybridized carbons (Fsp3) is 0.500. The third-order valence-corrected chi connectivity index (χ3v) is 2.76. The summed E-state index contributed by atoms with van der Waals surface area (Å²) < 4.78 is 2.12. The monoisotopic (exact) mass is 237 g/mol. The fourth-order valence-corrected chi connectivity index (χ4v) is 2.03. The molecule has 0 spiro atoms. The predicted molar refractivity (Wildman–Crippen MR) is 66.8 cm³/mol. The molecular weight excluding hydrogens is 222 g/mol. The van der Waals surface area contributed by atoms with Crippen LogP contribution in [0.1, 0.15) is 37.2 Å². The molecule has 2 rings (SSSR count). The summed E-state index contributed by atoms with van der Waals surface area (Å²) in [6, 6.07) is 3.99. The molecule has 2 aromatic rings. The molecule has 0 aliphatic rings. The number of aryl methyl sites for hydroxylation is 2. The average Bonchev–Trinajstić information content (AvgIpc) is 2.58. The number of imidazole rings is 1. The number of hydrogen-bond acceptors (Lipinski definition) is 2. The van der Waals surface area contributed by atoms with Crippen molar-refractivity contribution in [2.24, 2.45) is 0 Å². The lowest BCUT2D eigenvalue weighted by atomic mass is 10.3. The van der Waals surface area contributed by atoms with Gasteiger partial charge in [0.25, 0.3) is 0 Å². The van der Waals surface area contributed by atoms with E-state index in [9.17, 15) is 0 Å². The molecule has 0 saturated carbocycles. The van der Waals surface area contributed by atoms with E-state index in [0.717, 1.165) is 35.6 Å². The fourth-order valence-electron chi connectivity index (χ4n) is 1.86. The van der Waals surface area contributed by atoms with Gasteiger partial charge in [-0.25, -0.2) is 9.97 Å². The van der Waals surface area contributed by atoms with Gasteiger partial charge in [-0.1, -0.05) is 6.92 Å². The van der Waals surface area contributed by atoms with Crippen molar-refractivity contribution in [3.63, 3.8) is 0 Å². The number of halogens is 1. The van der Waals surface area contributed by atoms with Crippen LogP contribution in [0.5, 0.6) is 0 Å². The molecule has 16 heavy (non-hydrogen) atoms. The van der Waals surface area contributed by atoms with Crippen LogP contribution in [0.4, 0.5) is 0 Å². The number of nitrogens with zero attached hydrogens (tertiary/aromatic N) is 3. The third kappa shape index (κ3) is 1.92. The Morgan fingerprint density at radius 3 is 2.75 bits per heavy atom. The van der Waals surface area contributed by atoms with Gasteiger partial charge in [-0.05, 0) is 32.4 Å². The zero-order valence-electron chi connectivity index (χ0n) is 9.87. The molecule has 0 amide bonds. The average molecular weight is 238 g/mol. The van der Waals surface area contributed by atoms with E-state index in [1.54, 1.807) is 0 Å². The molecule has 2 heterocycles. The molecule has 0 aliphatic heterocycles. The van der Waals surface area contributed by atoms with E-state index >= 15 is 0 Å². The van der Waals surface area contributed by atoms with Crippen molar-refractivity contribution in [2.75, 3.05) is 0 Å². The van der Waals surface area contributed by atoms with Crippen LogP contribution < -0.4 is 0 Å². The molecule has 0 fully saturated rings. The first-order valence-electron chi connectivity index (χ1n) is 5.61. The molecule has 0 radical (unpaired) electrons. The Morgan fingerprint density at radius 1 is 1.38 bits per heavy atom. The van der Waals surface area contributed by atoms with E-state index in [1.807, 2.05) is 26.0 Å². The Labute approximate surface area is 100 Å². The Hall–Kier alpha value is -1.09. The second kappa shape index (κ2) is 4.42. The Morgan fingerprint density at radius 2 is 2.12 bits per heavy atom. The summed E-state index contributed by atoms with van der Waals surface area (Å²) in [4.78, 5) is 9.08. The van der Waals surface area contributed by atoms with Gasteiger partial charge in [-0.3, -0.25) is 0 Å². The van der Waals surface area contributed by atoms with Gasteiger partial charge in [0.05, 0.1) is 5.38 Å². The van der Waals surface area contributed by atoms with Gasteiger partial charge in [0.1, 0.15) is 11.3 Å². The summed E-state index contributed by atoms with van der Waals surface area (Å²) in [6.45, 7) is 7.00. The minimum absolute atomic E-state index is 0.0824. The van der Waals surface area contributed by atoms with Gasteiger partial charge in [-0.2, -0.15) is 0 Å². The molecule has 0 saturated heterocycles. The van der Waals surface area contributed by atoms with Crippen molar-refractivity contribution in [3.8, 4) is 0 Å². The second-order valence-corrected chi connectivity index (χ2v) is 4.69. The highest BCUT2D eigenvalue weighted by Gasteiger charge is 2.15. The highest BCUT2D eigenvalue weighted by Crippen LogP contribution is 2.23. The highest BCUT2D eigenvalue weighted by atomic mass is 35.5. The van der Waals surface area contributed by atoms with Crippen molar-refractivity contribution in [1.82, 2.24) is 14.5 Å². The number of hydrogen-bond donors (Lipinski definition) is 0. The van der Waals surface area contributed by atoms with Gasteiger partial charge in [0, 0.05) is 12.2 Å². The van der Waals surface area contributed by atoms with E-state index in [-0.39, 0.29) is 5.38 Å². The minimum atomic E-state index is -0.0824. The minimum Gasteiger partial charge on any atom is -0.311 e. The first kappa shape index (κ1) is 11.4. The Kier molecular flexibility index (Phi) is 3.15. The number of rotatable bonds is 3. The summed E-state index contributed by atoms with van der Waals surface area (Å²) in [6.07, 6.45) is 1.05. The van der Waals surface area contributed by atoms with E-state index in [0.29, 0.717) is 0 Å². The van der Waals surface area contributed by atoms with E-state index in [2.05, 4.69) is 21.5 Å². The quantitative estimate of drug-likeness (QED) is 0.766. The normalized spacial score (nSPS) is 13.2. The number of pyridine rings is 1. The molecule has 1 unspecified atom stereocenters. The summed E-state index contributed by atoms with van der Waals surface area (Å²) in [5.41, 5.74) is 2.89. The molecule has 0 aliphatic carbocycles. The van der Waals surface area contributed by atoms with Crippen molar-refractivity contribution < 1.29 is 0 Å². The molecular formula is C12H16ClN3. The number of fused-ring (bicyclic) bond motifs is 1. The van der Waals surface area contributed by atoms with Crippen LogP contribution in [0.2, 0.25) is 0 Å². The first-order chi connectivity index (χ1) is 7.63. The molecule has 86 valence electrons. The maximum absolute atomic E-state index is 6.14. The van der Waals surface area contributed by atoms with Gasteiger partial charge in [0.2, 0.25) is 0 Å². The highest BCUT2D eigenvalue weighted by molar-refractivity contribution is 6.20. The van der Waals surface area contributed by atoms with Gasteiger partial charge in [-0.15, -0.1) is 11.6 Å². The summed E-state index contributed by atoms with van der Waals surface area (Å²) in [7, 11) is 0. The molecule has 2 aromatic heterocycles. The maximum atomic E-state index is 6.14. The predicted octanol–water partition coefficient (Wildman–Crippen LogP) is 3.45. The molecule has 0 bridgehead atoms. The molecule has 4 heteroatoms. The lowest BCUT2D eigenvalue weighted by Crippen LogP contribution is -2.04. The Bertz CT molecular complexity index is 502. The smallest absolute Gasteiger partial charge is 0.160 e. The Balaban J connectivity index is 2.67. The zero-order chi connectivity index (χ0) is 11.7. The SMILES string of the molecule is CCCn1c(C(C)Cl)nc2ccc(C)nc21. The van der Waals surface area contributed by atoms with Crippen molar-refractivity contribution in [2.45, 2.75) is 39.1 Å². The molecule has 0 N–H and O–H groups in total. The van der Waals surface area contributed by atoms with Crippen LogP contribution in [0.3, 0.4) is 0 Å². The topological polar surface area (TPSA) is 30.7 Å². The standard InChI is InChI=1S/C12H16ClN3/c1-4-7-16-11(9(3)13)15-10-6-5-8(2)14-12(10)16/h5-6,9H,4,7H2,1-3H3. The number of alkyl halides is 1. The van der Waals surface area contributed by atoms with E-state index in [4.69, 9.17) is 11.6 Å². The van der Waals surface area contributed by atoms with Crippen LogP contribution in [-0.4, -0.2) is 14.5 Å². The van der Waals surface area contributed by atoms with Crippen LogP contribution in [0.15, 0.2) is 12.1 Å².